The highest BCUT2D eigenvalue weighted by Gasteiger charge is 2.06. The molecule has 6 heteroatoms. The molecule has 2 rings (SSSR count). The van der Waals surface area contributed by atoms with E-state index < -0.39 is 0 Å². The van der Waals surface area contributed by atoms with Gasteiger partial charge in [-0.25, -0.2) is 4.98 Å². The van der Waals surface area contributed by atoms with E-state index in [-0.39, 0.29) is 0 Å². The highest BCUT2D eigenvalue weighted by molar-refractivity contribution is 7.80. The van der Waals surface area contributed by atoms with Crippen LogP contribution >= 0.6 is 23.6 Å². The number of hydrogen-bond donors (Lipinski definition) is 2. The third kappa shape index (κ3) is 3.02. The maximum absolute atomic E-state index is 5.66. The number of nitrogens with two attached hydrogens (primary N) is 1. The summed E-state index contributed by atoms with van der Waals surface area (Å²) in [5.74, 6) is 0. The average Bonchev–Trinajstić information content (AvgIpc) is 2.84. The van der Waals surface area contributed by atoms with Gasteiger partial charge in [0.2, 0.25) is 0 Å². The molecule has 0 radical (unpaired) electrons. The van der Waals surface area contributed by atoms with Crippen molar-refractivity contribution in [3.05, 3.63) is 40.1 Å². The summed E-state index contributed by atoms with van der Waals surface area (Å²) in [5, 5.41) is 4.31. The molecule has 0 amide bonds. The van der Waals surface area contributed by atoms with Crippen LogP contribution in [0.1, 0.15) is 22.4 Å². The number of aryl methyl sites for hydroxylation is 1. The minimum absolute atomic E-state index is 0.369. The lowest BCUT2D eigenvalue weighted by Crippen LogP contribution is -2.13. The van der Waals surface area contributed by atoms with Gasteiger partial charge in [0.25, 0.3) is 0 Å². The topological polar surface area (TPSA) is 63.8 Å². The zero-order chi connectivity index (χ0) is 13.0. The van der Waals surface area contributed by atoms with Crippen LogP contribution in [-0.2, 0) is 13.0 Å². The van der Waals surface area contributed by atoms with Gasteiger partial charge in [0.05, 0.1) is 18.4 Å². The highest BCUT2D eigenvalue weighted by Crippen LogP contribution is 2.17. The maximum atomic E-state index is 5.66. The first-order chi connectivity index (χ1) is 8.70. The lowest BCUT2D eigenvalue weighted by molar-refractivity contribution is 1.09. The molecular formula is C12H14N4S2. The SMILES string of the molecule is CCc1cnc(CNc2cnccc2C(N)=S)s1. The molecule has 0 aliphatic heterocycles. The molecule has 3 N–H and O–H groups in total. The summed E-state index contributed by atoms with van der Waals surface area (Å²) in [6.45, 7) is 2.78. The van der Waals surface area contributed by atoms with Crippen molar-refractivity contribution in [1.82, 2.24) is 9.97 Å². The van der Waals surface area contributed by atoms with E-state index in [2.05, 4.69) is 22.2 Å². The quantitative estimate of drug-likeness (QED) is 0.822. The first-order valence-electron chi connectivity index (χ1n) is 5.62. The third-order valence-electron chi connectivity index (χ3n) is 2.47. The van der Waals surface area contributed by atoms with Crippen molar-refractivity contribution >= 4 is 34.2 Å². The first-order valence-corrected chi connectivity index (χ1v) is 6.84. The van der Waals surface area contributed by atoms with Crippen LogP contribution in [0.15, 0.2) is 24.7 Å². The molecule has 0 aromatic carbocycles. The van der Waals surface area contributed by atoms with Crippen molar-refractivity contribution in [2.45, 2.75) is 19.9 Å². The summed E-state index contributed by atoms with van der Waals surface area (Å²) < 4.78 is 0. The van der Waals surface area contributed by atoms with E-state index in [1.807, 2.05) is 12.3 Å². The smallest absolute Gasteiger partial charge is 0.112 e. The second kappa shape index (κ2) is 5.88. The van der Waals surface area contributed by atoms with Crippen molar-refractivity contribution in [2.75, 3.05) is 5.32 Å². The summed E-state index contributed by atoms with van der Waals surface area (Å²) in [4.78, 5) is 10.1. The predicted molar refractivity (Wildman–Crippen MR) is 78.9 cm³/mol. The highest BCUT2D eigenvalue weighted by atomic mass is 32.1. The average molecular weight is 278 g/mol. The molecule has 0 atom stereocenters. The van der Waals surface area contributed by atoms with E-state index in [0.29, 0.717) is 11.5 Å². The molecule has 0 spiro atoms. The second-order valence-corrected chi connectivity index (χ2v) is 5.35. The van der Waals surface area contributed by atoms with Crippen LogP contribution < -0.4 is 11.1 Å². The molecule has 0 aliphatic carbocycles. The Labute approximate surface area is 115 Å². The van der Waals surface area contributed by atoms with Crippen LogP contribution in [0.25, 0.3) is 0 Å². The van der Waals surface area contributed by atoms with Gasteiger partial charge in [0, 0.05) is 22.8 Å². The predicted octanol–water partition coefficient (Wildman–Crippen LogP) is 2.35. The largest absolute Gasteiger partial charge is 0.389 e. The molecule has 2 heterocycles. The number of nitrogens with one attached hydrogen (secondary N) is 1. The molecular weight excluding hydrogens is 264 g/mol. The summed E-state index contributed by atoms with van der Waals surface area (Å²) in [6, 6.07) is 1.81. The third-order valence-corrected chi connectivity index (χ3v) is 3.83. The van der Waals surface area contributed by atoms with Crippen LogP contribution in [0.2, 0.25) is 0 Å². The number of nitrogens with zero attached hydrogens (tertiary/aromatic N) is 2. The van der Waals surface area contributed by atoms with Crippen molar-refractivity contribution in [1.29, 1.82) is 0 Å². The summed E-state index contributed by atoms with van der Waals surface area (Å²) in [7, 11) is 0. The fourth-order valence-electron chi connectivity index (χ4n) is 1.51. The standard InChI is InChI=1S/C12H14N4S2/c1-2-8-5-16-11(18-8)7-15-10-6-14-4-3-9(10)12(13)17/h3-6,15H,2,7H2,1H3,(H2,13,17). The molecule has 0 saturated heterocycles. The van der Waals surface area contributed by atoms with E-state index >= 15 is 0 Å². The molecule has 0 unspecified atom stereocenters. The van der Waals surface area contributed by atoms with Crippen molar-refractivity contribution < 1.29 is 0 Å². The van der Waals surface area contributed by atoms with Gasteiger partial charge in [-0.15, -0.1) is 11.3 Å². The summed E-state index contributed by atoms with van der Waals surface area (Å²) >= 11 is 6.71. The number of pyridine rings is 1. The van der Waals surface area contributed by atoms with Crippen molar-refractivity contribution in [2.24, 2.45) is 5.73 Å². The summed E-state index contributed by atoms with van der Waals surface area (Å²) in [5.41, 5.74) is 7.32. The van der Waals surface area contributed by atoms with Gasteiger partial charge >= 0.3 is 0 Å². The Morgan fingerprint density at radius 1 is 1.50 bits per heavy atom. The Morgan fingerprint density at radius 2 is 2.33 bits per heavy atom. The van der Waals surface area contributed by atoms with Gasteiger partial charge in [0.1, 0.15) is 10.00 Å². The lowest BCUT2D eigenvalue weighted by atomic mass is 10.2. The molecule has 4 nitrogen and oxygen atoms in total. The first kappa shape index (κ1) is 12.9. The van der Waals surface area contributed by atoms with Crippen LogP contribution in [0.4, 0.5) is 5.69 Å². The van der Waals surface area contributed by atoms with Crippen LogP contribution in [0.5, 0.6) is 0 Å². The normalized spacial score (nSPS) is 10.3. The number of aromatic nitrogens is 2. The fraction of sp³-hybridized carbons (Fsp3) is 0.250. The Balaban J connectivity index is 2.08. The van der Waals surface area contributed by atoms with Gasteiger partial charge in [-0.3, -0.25) is 4.98 Å². The minimum atomic E-state index is 0.369. The van der Waals surface area contributed by atoms with E-state index in [9.17, 15) is 0 Å². The van der Waals surface area contributed by atoms with Crippen molar-refractivity contribution in [3.63, 3.8) is 0 Å². The molecule has 0 saturated carbocycles. The van der Waals surface area contributed by atoms with Gasteiger partial charge < -0.3 is 11.1 Å². The summed E-state index contributed by atoms with van der Waals surface area (Å²) in [6.07, 6.45) is 6.34. The monoisotopic (exact) mass is 278 g/mol. The van der Waals surface area contributed by atoms with E-state index in [1.165, 1.54) is 4.88 Å². The van der Waals surface area contributed by atoms with Gasteiger partial charge in [-0.05, 0) is 12.5 Å². The molecule has 94 valence electrons. The Morgan fingerprint density at radius 3 is 3.00 bits per heavy atom. The van der Waals surface area contributed by atoms with Gasteiger partial charge in [-0.1, -0.05) is 19.1 Å². The van der Waals surface area contributed by atoms with Crippen LogP contribution in [-0.4, -0.2) is 15.0 Å². The van der Waals surface area contributed by atoms with E-state index in [4.69, 9.17) is 18.0 Å². The van der Waals surface area contributed by atoms with E-state index in [0.717, 1.165) is 22.7 Å². The molecule has 0 aliphatic rings. The number of thiazole rings is 1. The second-order valence-electron chi connectivity index (χ2n) is 3.71. The van der Waals surface area contributed by atoms with Crippen LogP contribution in [0, 0.1) is 0 Å². The molecule has 0 bridgehead atoms. The fourth-order valence-corrected chi connectivity index (χ4v) is 2.49. The minimum Gasteiger partial charge on any atom is -0.389 e. The Hall–Kier alpha value is -1.53. The number of hydrogen-bond acceptors (Lipinski definition) is 5. The number of rotatable bonds is 5. The molecule has 18 heavy (non-hydrogen) atoms. The zero-order valence-corrected chi connectivity index (χ0v) is 11.6. The zero-order valence-electron chi connectivity index (χ0n) is 10.0. The molecule has 2 aromatic heterocycles. The van der Waals surface area contributed by atoms with Crippen molar-refractivity contribution in [3.8, 4) is 0 Å². The van der Waals surface area contributed by atoms with Gasteiger partial charge in [-0.2, -0.15) is 0 Å². The lowest BCUT2D eigenvalue weighted by Gasteiger charge is -2.08. The Bertz CT molecular complexity index is 551. The molecule has 0 fully saturated rings. The van der Waals surface area contributed by atoms with Crippen LogP contribution in [0.3, 0.4) is 0 Å². The Kier molecular flexibility index (Phi) is 4.22. The number of thiocarbonyl (C=S) groups is 1. The van der Waals surface area contributed by atoms with Gasteiger partial charge in [0.15, 0.2) is 0 Å². The molecule has 2 aromatic rings. The van der Waals surface area contributed by atoms with E-state index in [1.54, 1.807) is 23.7 Å². The number of anilines is 1. The maximum Gasteiger partial charge on any atom is 0.112 e.